The Morgan fingerprint density at radius 1 is 1.50 bits per heavy atom. The van der Waals surface area contributed by atoms with Crippen LogP contribution in [0.5, 0.6) is 0 Å². The van der Waals surface area contributed by atoms with Crippen molar-refractivity contribution in [2.45, 2.75) is 45.4 Å². The Labute approximate surface area is 63.3 Å². The van der Waals surface area contributed by atoms with Crippen molar-refractivity contribution < 1.29 is 0 Å². The number of rotatable bonds is 2. The zero-order valence-electron chi connectivity index (χ0n) is 6.82. The average molecular weight is 136 g/mol. The zero-order valence-corrected chi connectivity index (χ0v) is 6.82. The predicted octanol–water partition coefficient (Wildman–Crippen LogP) is 3.29. The van der Waals surface area contributed by atoms with Crippen LogP contribution in [0, 0.1) is 5.92 Å². The minimum absolute atomic E-state index is 1.07. The molecule has 10 heavy (non-hydrogen) atoms. The lowest BCUT2D eigenvalue weighted by atomic mass is 9.96. The first-order valence-corrected chi connectivity index (χ1v) is 4.62. The van der Waals surface area contributed by atoms with Gasteiger partial charge in [0.15, 0.2) is 0 Å². The van der Waals surface area contributed by atoms with Crippen molar-refractivity contribution in [1.29, 1.82) is 0 Å². The Balaban J connectivity index is 2.04. The Morgan fingerprint density at radius 3 is 3.20 bits per heavy atom. The first-order valence-electron chi connectivity index (χ1n) is 4.62. The molecule has 0 heterocycles. The molecule has 1 saturated carbocycles. The monoisotopic (exact) mass is 136 g/mol. The predicted molar refractivity (Wildman–Crippen MR) is 43.9 cm³/mol. The van der Waals surface area contributed by atoms with Crippen LogP contribution >= 0.6 is 0 Å². The molecule has 0 spiro atoms. The van der Waals surface area contributed by atoms with Gasteiger partial charge in [0.1, 0.15) is 0 Å². The lowest BCUT2D eigenvalue weighted by Crippen LogP contribution is -1.92. The molecular formula is C10H16. The first kappa shape index (κ1) is 6.45. The fourth-order valence-electron chi connectivity index (χ4n) is 2.23. The second-order valence-electron chi connectivity index (χ2n) is 3.67. The highest BCUT2D eigenvalue weighted by molar-refractivity contribution is 5.32. The van der Waals surface area contributed by atoms with Crippen LogP contribution in [0.1, 0.15) is 45.4 Å². The van der Waals surface area contributed by atoms with Crippen LogP contribution in [-0.2, 0) is 0 Å². The molecule has 1 unspecified atom stereocenters. The molecule has 0 nitrogen and oxygen atoms in total. The van der Waals surface area contributed by atoms with Gasteiger partial charge in [-0.25, -0.2) is 0 Å². The van der Waals surface area contributed by atoms with Gasteiger partial charge in [0.05, 0.1) is 0 Å². The van der Waals surface area contributed by atoms with Gasteiger partial charge < -0.3 is 0 Å². The minimum atomic E-state index is 1.07. The van der Waals surface area contributed by atoms with Crippen molar-refractivity contribution >= 4 is 0 Å². The third-order valence-corrected chi connectivity index (χ3v) is 2.84. The second-order valence-corrected chi connectivity index (χ2v) is 3.67. The SMILES string of the molecule is CCCC1=C2CC2CCC1. The molecule has 1 fully saturated rings. The highest BCUT2D eigenvalue weighted by Crippen LogP contribution is 2.49. The molecule has 0 N–H and O–H groups in total. The Kier molecular flexibility index (Phi) is 1.55. The van der Waals surface area contributed by atoms with Crippen LogP contribution in [0.2, 0.25) is 0 Å². The highest BCUT2D eigenvalue weighted by Gasteiger charge is 2.34. The Bertz CT molecular complexity index is 165. The Morgan fingerprint density at radius 2 is 2.40 bits per heavy atom. The molecule has 0 aromatic heterocycles. The molecule has 0 bridgehead atoms. The summed E-state index contributed by atoms with van der Waals surface area (Å²) in [5.41, 5.74) is 3.69. The first-order chi connectivity index (χ1) is 4.92. The van der Waals surface area contributed by atoms with E-state index in [0.29, 0.717) is 0 Å². The number of fused-ring (bicyclic) bond motifs is 1. The van der Waals surface area contributed by atoms with Gasteiger partial charge >= 0.3 is 0 Å². The maximum absolute atomic E-state index is 2.29. The molecular weight excluding hydrogens is 120 g/mol. The van der Waals surface area contributed by atoms with E-state index in [0.717, 1.165) is 5.92 Å². The number of hydrogen-bond donors (Lipinski definition) is 0. The van der Waals surface area contributed by atoms with Gasteiger partial charge in [-0.15, -0.1) is 0 Å². The van der Waals surface area contributed by atoms with Gasteiger partial charge in [0, 0.05) is 0 Å². The summed E-state index contributed by atoms with van der Waals surface area (Å²) in [6, 6.07) is 0. The number of allylic oxidation sites excluding steroid dienone is 2. The topological polar surface area (TPSA) is 0 Å². The maximum atomic E-state index is 2.29. The van der Waals surface area contributed by atoms with Crippen molar-refractivity contribution in [3.8, 4) is 0 Å². The summed E-state index contributed by atoms with van der Waals surface area (Å²) in [4.78, 5) is 0. The fraction of sp³-hybridized carbons (Fsp3) is 0.800. The van der Waals surface area contributed by atoms with E-state index in [1.807, 2.05) is 11.1 Å². The van der Waals surface area contributed by atoms with Crippen LogP contribution in [-0.4, -0.2) is 0 Å². The summed E-state index contributed by atoms with van der Waals surface area (Å²) in [6.45, 7) is 2.29. The van der Waals surface area contributed by atoms with E-state index in [-0.39, 0.29) is 0 Å². The molecule has 0 aromatic rings. The molecule has 2 aliphatic carbocycles. The van der Waals surface area contributed by atoms with Crippen molar-refractivity contribution in [1.82, 2.24) is 0 Å². The third-order valence-electron chi connectivity index (χ3n) is 2.84. The molecule has 0 radical (unpaired) electrons. The summed E-state index contributed by atoms with van der Waals surface area (Å²) in [6.07, 6.45) is 8.62. The van der Waals surface area contributed by atoms with E-state index < -0.39 is 0 Å². The fourth-order valence-corrected chi connectivity index (χ4v) is 2.23. The van der Waals surface area contributed by atoms with Crippen LogP contribution in [0.4, 0.5) is 0 Å². The van der Waals surface area contributed by atoms with Gasteiger partial charge in [-0.3, -0.25) is 0 Å². The largest absolute Gasteiger partial charge is 0.0707 e. The molecule has 0 heteroatoms. The Hall–Kier alpha value is -0.260. The summed E-state index contributed by atoms with van der Waals surface area (Å²) in [5.74, 6) is 1.07. The quantitative estimate of drug-likeness (QED) is 0.511. The minimum Gasteiger partial charge on any atom is -0.0707 e. The van der Waals surface area contributed by atoms with Gasteiger partial charge in [-0.1, -0.05) is 24.5 Å². The van der Waals surface area contributed by atoms with E-state index in [4.69, 9.17) is 0 Å². The van der Waals surface area contributed by atoms with Crippen LogP contribution in [0.3, 0.4) is 0 Å². The lowest BCUT2D eigenvalue weighted by Gasteiger charge is -2.09. The molecule has 0 aliphatic heterocycles. The van der Waals surface area contributed by atoms with Gasteiger partial charge in [-0.05, 0) is 38.0 Å². The normalized spacial score (nSPS) is 30.3. The number of hydrogen-bond acceptors (Lipinski definition) is 0. The molecule has 1 atom stereocenters. The van der Waals surface area contributed by atoms with Crippen LogP contribution in [0.25, 0.3) is 0 Å². The van der Waals surface area contributed by atoms with Crippen LogP contribution in [0.15, 0.2) is 11.1 Å². The molecule has 0 saturated heterocycles. The van der Waals surface area contributed by atoms with E-state index in [2.05, 4.69) is 6.92 Å². The van der Waals surface area contributed by atoms with E-state index in [9.17, 15) is 0 Å². The summed E-state index contributed by atoms with van der Waals surface area (Å²) < 4.78 is 0. The molecule has 2 rings (SSSR count). The zero-order chi connectivity index (χ0) is 6.97. The molecule has 56 valence electrons. The van der Waals surface area contributed by atoms with Gasteiger partial charge in [0.25, 0.3) is 0 Å². The van der Waals surface area contributed by atoms with Crippen molar-refractivity contribution in [3.05, 3.63) is 11.1 Å². The smallest absolute Gasteiger partial charge is 0.0163 e. The van der Waals surface area contributed by atoms with E-state index >= 15 is 0 Å². The van der Waals surface area contributed by atoms with E-state index in [1.165, 1.54) is 38.5 Å². The van der Waals surface area contributed by atoms with Crippen LogP contribution < -0.4 is 0 Å². The second kappa shape index (κ2) is 2.41. The van der Waals surface area contributed by atoms with Crippen molar-refractivity contribution in [2.75, 3.05) is 0 Å². The maximum Gasteiger partial charge on any atom is -0.0163 e. The summed E-state index contributed by atoms with van der Waals surface area (Å²) in [7, 11) is 0. The standard InChI is InChI=1S/C10H16/c1-2-4-8-5-3-6-9-7-10(8)9/h9H,2-7H2,1H3. The molecule has 0 aromatic carbocycles. The molecule has 0 amide bonds. The summed E-state index contributed by atoms with van der Waals surface area (Å²) >= 11 is 0. The van der Waals surface area contributed by atoms with Crippen molar-refractivity contribution in [2.24, 2.45) is 5.92 Å². The van der Waals surface area contributed by atoms with E-state index in [1.54, 1.807) is 0 Å². The van der Waals surface area contributed by atoms with Gasteiger partial charge in [0.2, 0.25) is 0 Å². The van der Waals surface area contributed by atoms with Crippen molar-refractivity contribution in [3.63, 3.8) is 0 Å². The summed E-state index contributed by atoms with van der Waals surface area (Å²) in [5, 5.41) is 0. The lowest BCUT2D eigenvalue weighted by molar-refractivity contribution is 0.634. The molecule has 2 aliphatic rings. The third kappa shape index (κ3) is 1.00. The van der Waals surface area contributed by atoms with Gasteiger partial charge in [-0.2, -0.15) is 0 Å². The highest BCUT2D eigenvalue weighted by atomic mass is 14.4. The average Bonchev–Trinajstić information content (AvgIpc) is 2.67.